The van der Waals surface area contributed by atoms with Gasteiger partial charge in [-0.25, -0.2) is 12.8 Å². The van der Waals surface area contributed by atoms with Crippen LogP contribution in [-0.4, -0.2) is 39.8 Å². The molecular formula is C21H27FN2O5S. The number of anilines is 1. The van der Waals surface area contributed by atoms with Gasteiger partial charge in [0.05, 0.1) is 25.2 Å². The summed E-state index contributed by atoms with van der Waals surface area (Å²) < 4.78 is 49.7. The minimum absolute atomic E-state index is 0.0151. The number of halogens is 1. The molecule has 0 bridgehead atoms. The van der Waals surface area contributed by atoms with Crippen molar-refractivity contribution in [1.82, 2.24) is 5.32 Å². The van der Waals surface area contributed by atoms with Crippen LogP contribution in [0.1, 0.15) is 26.3 Å². The first-order chi connectivity index (χ1) is 14.0. The molecule has 1 N–H and O–H groups in total. The normalized spacial score (nSPS) is 12.4. The summed E-state index contributed by atoms with van der Waals surface area (Å²) in [6.45, 7) is 5.45. The molecule has 0 saturated carbocycles. The molecule has 0 heterocycles. The Morgan fingerprint density at radius 2 is 1.73 bits per heavy atom. The van der Waals surface area contributed by atoms with Gasteiger partial charge in [0.25, 0.3) is 0 Å². The van der Waals surface area contributed by atoms with Gasteiger partial charge in [0.15, 0.2) is 11.5 Å². The molecule has 2 rings (SSSR count). The Kier molecular flexibility index (Phi) is 7.66. The average molecular weight is 439 g/mol. The van der Waals surface area contributed by atoms with Gasteiger partial charge in [0.1, 0.15) is 11.9 Å². The predicted octanol–water partition coefficient (Wildman–Crippen LogP) is 3.09. The SMILES string of the molecule is COc1cc(CNC(=O)[C@@H](C)N(c2ccc(F)cc2)S(C)(=O)=O)ccc1OC(C)C. The van der Waals surface area contributed by atoms with Gasteiger partial charge in [0.2, 0.25) is 15.9 Å². The molecule has 1 amide bonds. The Bertz CT molecular complexity index is 977. The number of rotatable bonds is 9. The van der Waals surface area contributed by atoms with Crippen LogP contribution in [0.5, 0.6) is 11.5 Å². The molecule has 2 aromatic rings. The van der Waals surface area contributed by atoms with Crippen molar-refractivity contribution in [3.05, 3.63) is 53.8 Å². The highest BCUT2D eigenvalue weighted by Gasteiger charge is 2.29. The van der Waals surface area contributed by atoms with Gasteiger partial charge >= 0.3 is 0 Å². The van der Waals surface area contributed by atoms with E-state index < -0.39 is 27.8 Å². The van der Waals surface area contributed by atoms with Gasteiger partial charge in [-0.05, 0) is 62.7 Å². The minimum Gasteiger partial charge on any atom is -0.493 e. The van der Waals surface area contributed by atoms with Crippen LogP contribution in [0.3, 0.4) is 0 Å². The lowest BCUT2D eigenvalue weighted by Crippen LogP contribution is -2.47. The van der Waals surface area contributed by atoms with Crippen molar-refractivity contribution in [2.45, 2.75) is 39.5 Å². The van der Waals surface area contributed by atoms with Crippen molar-refractivity contribution in [2.75, 3.05) is 17.7 Å². The molecule has 0 fully saturated rings. The largest absolute Gasteiger partial charge is 0.493 e. The van der Waals surface area contributed by atoms with Gasteiger partial charge < -0.3 is 14.8 Å². The quantitative estimate of drug-likeness (QED) is 0.650. The number of ether oxygens (including phenoxy) is 2. The zero-order chi connectivity index (χ0) is 22.5. The number of nitrogens with zero attached hydrogens (tertiary/aromatic N) is 1. The lowest BCUT2D eigenvalue weighted by molar-refractivity contribution is -0.122. The molecule has 0 spiro atoms. The van der Waals surface area contributed by atoms with E-state index in [9.17, 15) is 17.6 Å². The standard InChI is InChI=1S/C21H27FN2O5S/c1-14(2)29-19-11-6-16(12-20(19)28-4)13-23-21(25)15(3)24(30(5,26)27)18-9-7-17(22)8-10-18/h6-12,14-15H,13H2,1-5H3,(H,23,25)/t15-/m1/s1. The van der Waals surface area contributed by atoms with Crippen LogP contribution in [0.25, 0.3) is 0 Å². The van der Waals surface area contributed by atoms with Crippen molar-refractivity contribution in [3.63, 3.8) is 0 Å². The first-order valence-electron chi connectivity index (χ1n) is 9.39. The van der Waals surface area contributed by atoms with E-state index in [4.69, 9.17) is 9.47 Å². The fourth-order valence-corrected chi connectivity index (χ4v) is 4.08. The molecule has 0 aliphatic rings. The van der Waals surface area contributed by atoms with Crippen molar-refractivity contribution in [2.24, 2.45) is 0 Å². The van der Waals surface area contributed by atoms with Crippen LogP contribution in [0.4, 0.5) is 10.1 Å². The van der Waals surface area contributed by atoms with E-state index in [-0.39, 0.29) is 18.3 Å². The number of hydrogen-bond acceptors (Lipinski definition) is 5. The Morgan fingerprint density at radius 1 is 1.10 bits per heavy atom. The van der Waals surface area contributed by atoms with E-state index in [1.54, 1.807) is 18.2 Å². The molecule has 0 aliphatic carbocycles. The van der Waals surface area contributed by atoms with E-state index >= 15 is 0 Å². The number of nitrogens with one attached hydrogen (secondary N) is 1. The van der Waals surface area contributed by atoms with Crippen LogP contribution in [0.2, 0.25) is 0 Å². The molecule has 7 nitrogen and oxygen atoms in total. The van der Waals surface area contributed by atoms with Crippen LogP contribution in [0, 0.1) is 5.82 Å². The topological polar surface area (TPSA) is 84.9 Å². The van der Waals surface area contributed by atoms with E-state index in [1.807, 2.05) is 13.8 Å². The van der Waals surface area contributed by atoms with Crippen molar-refractivity contribution < 1.29 is 27.1 Å². The van der Waals surface area contributed by atoms with Crippen LogP contribution in [0.15, 0.2) is 42.5 Å². The summed E-state index contributed by atoms with van der Waals surface area (Å²) in [5.41, 5.74) is 0.967. The number of methoxy groups -OCH3 is 1. The molecule has 0 aliphatic heterocycles. The number of amides is 1. The third-order valence-corrected chi connectivity index (χ3v) is 5.47. The predicted molar refractivity (Wildman–Crippen MR) is 114 cm³/mol. The van der Waals surface area contributed by atoms with Crippen LogP contribution >= 0.6 is 0 Å². The fraction of sp³-hybridized carbons (Fsp3) is 0.381. The maximum atomic E-state index is 13.2. The monoisotopic (exact) mass is 438 g/mol. The number of benzene rings is 2. The van der Waals surface area contributed by atoms with E-state index in [0.29, 0.717) is 11.5 Å². The van der Waals surface area contributed by atoms with Crippen molar-refractivity contribution in [3.8, 4) is 11.5 Å². The van der Waals surface area contributed by atoms with Gasteiger partial charge in [-0.1, -0.05) is 6.07 Å². The summed E-state index contributed by atoms with van der Waals surface area (Å²) in [6.07, 6.45) is 0.983. The lowest BCUT2D eigenvalue weighted by atomic mass is 10.2. The maximum Gasteiger partial charge on any atom is 0.243 e. The van der Waals surface area contributed by atoms with E-state index in [2.05, 4.69) is 5.32 Å². The molecule has 30 heavy (non-hydrogen) atoms. The number of hydrogen-bond donors (Lipinski definition) is 1. The molecule has 0 unspecified atom stereocenters. The zero-order valence-electron chi connectivity index (χ0n) is 17.7. The Morgan fingerprint density at radius 3 is 2.27 bits per heavy atom. The second-order valence-corrected chi connectivity index (χ2v) is 8.94. The van der Waals surface area contributed by atoms with Gasteiger partial charge in [-0.2, -0.15) is 0 Å². The molecule has 2 aromatic carbocycles. The highest BCUT2D eigenvalue weighted by molar-refractivity contribution is 7.92. The van der Waals surface area contributed by atoms with Gasteiger partial charge in [0, 0.05) is 6.54 Å². The second kappa shape index (κ2) is 9.80. The summed E-state index contributed by atoms with van der Waals surface area (Å²) in [6, 6.07) is 9.19. The molecule has 9 heteroatoms. The first-order valence-corrected chi connectivity index (χ1v) is 11.2. The highest BCUT2D eigenvalue weighted by Crippen LogP contribution is 2.29. The van der Waals surface area contributed by atoms with Crippen molar-refractivity contribution >= 4 is 21.6 Å². The summed E-state index contributed by atoms with van der Waals surface area (Å²) >= 11 is 0. The van der Waals surface area contributed by atoms with Crippen LogP contribution in [-0.2, 0) is 21.4 Å². The minimum atomic E-state index is -3.77. The maximum absolute atomic E-state index is 13.2. The zero-order valence-corrected chi connectivity index (χ0v) is 18.5. The fourth-order valence-electron chi connectivity index (χ4n) is 2.91. The average Bonchev–Trinajstić information content (AvgIpc) is 2.67. The Labute approximate surface area is 176 Å². The third-order valence-electron chi connectivity index (χ3n) is 4.23. The number of carbonyl (C=O) groups is 1. The number of carbonyl (C=O) groups excluding carboxylic acids is 1. The van der Waals surface area contributed by atoms with E-state index in [1.165, 1.54) is 26.2 Å². The Hall–Kier alpha value is -2.81. The van der Waals surface area contributed by atoms with Crippen LogP contribution < -0.4 is 19.1 Å². The number of sulfonamides is 1. The van der Waals surface area contributed by atoms with Gasteiger partial charge in [-0.15, -0.1) is 0 Å². The molecule has 1 atom stereocenters. The smallest absolute Gasteiger partial charge is 0.243 e. The molecule has 0 radical (unpaired) electrons. The lowest BCUT2D eigenvalue weighted by Gasteiger charge is -2.28. The Balaban J connectivity index is 2.15. The summed E-state index contributed by atoms with van der Waals surface area (Å²) in [7, 11) is -2.24. The first kappa shape index (κ1) is 23.5. The summed E-state index contributed by atoms with van der Waals surface area (Å²) in [4.78, 5) is 12.7. The molecule has 0 saturated heterocycles. The van der Waals surface area contributed by atoms with E-state index in [0.717, 1.165) is 28.3 Å². The second-order valence-electron chi connectivity index (χ2n) is 7.08. The molecule has 164 valence electrons. The summed E-state index contributed by atoms with van der Waals surface area (Å²) in [5.74, 6) is 0.137. The third kappa shape index (κ3) is 6.09. The summed E-state index contributed by atoms with van der Waals surface area (Å²) in [5, 5.41) is 2.73. The van der Waals surface area contributed by atoms with Crippen molar-refractivity contribution in [1.29, 1.82) is 0 Å². The molecule has 0 aromatic heterocycles. The molecular weight excluding hydrogens is 411 g/mol. The highest BCUT2D eigenvalue weighted by atomic mass is 32.2. The van der Waals surface area contributed by atoms with Gasteiger partial charge in [-0.3, -0.25) is 9.10 Å².